The van der Waals surface area contributed by atoms with Crippen LogP contribution in [0.2, 0.25) is 0 Å². The quantitative estimate of drug-likeness (QED) is 0.206. The lowest BCUT2D eigenvalue weighted by Crippen LogP contribution is -2.29. The smallest absolute Gasteiger partial charge is 0.301 e. The van der Waals surface area contributed by atoms with Gasteiger partial charge < -0.3 is 14.9 Å². The van der Waals surface area contributed by atoms with Crippen molar-refractivity contribution in [3.63, 3.8) is 0 Å². The molecular formula is C25H18BrN3O5S. The fourth-order valence-electron chi connectivity index (χ4n) is 4.04. The molecule has 35 heavy (non-hydrogen) atoms. The molecule has 176 valence electrons. The van der Waals surface area contributed by atoms with Gasteiger partial charge in [0.1, 0.15) is 5.76 Å². The Hall–Kier alpha value is -3.76. The number of hydrogen-bond acceptors (Lipinski definition) is 8. The maximum Gasteiger partial charge on any atom is 0.301 e. The number of ether oxygens (including phenoxy) is 1. The number of thiazole rings is 1. The van der Waals surface area contributed by atoms with Gasteiger partial charge in [-0.1, -0.05) is 17.4 Å². The van der Waals surface area contributed by atoms with E-state index in [1.807, 2.05) is 25.1 Å². The zero-order valence-electron chi connectivity index (χ0n) is 18.5. The molecule has 0 saturated carbocycles. The van der Waals surface area contributed by atoms with E-state index >= 15 is 0 Å². The Kier molecular flexibility index (Phi) is 5.78. The molecular weight excluding hydrogens is 534 g/mol. The summed E-state index contributed by atoms with van der Waals surface area (Å²) in [5.74, 6) is -1.98. The molecule has 1 atom stereocenters. The zero-order chi connectivity index (χ0) is 24.9. The highest BCUT2D eigenvalue weighted by atomic mass is 79.9. The predicted molar refractivity (Wildman–Crippen MR) is 136 cm³/mol. The van der Waals surface area contributed by atoms with Crippen molar-refractivity contribution < 1.29 is 24.5 Å². The molecule has 8 nitrogen and oxygen atoms in total. The summed E-state index contributed by atoms with van der Waals surface area (Å²) in [5.41, 5.74) is 2.41. The molecule has 0 aliphatic carbocycles. The fraction of sp³-hybridized carbons (Fsp3) is 0.120. The Morgan fingerprint density at radius 1 is 1.14 bits per heavy atom. The number of Topliss-reactive ketones (excluding diaryl/α,β-unsaturated/α-hetero) is 1. The molecule has 4 aromatic rings. The lowest BCUT2D eigenvalue weighted by Gasteiger charge is -2.24. The number of methoxy groups -OCH3 is 1. The highest BCUT2D eigenvalue weighted by Crippen LogP contribution is 2.47. The second kappa shape index (κ2) is 8.79. The highest BCUT2D eigenvalue weighted by Gasteiger charge is 2.48. The number of phenolic OH excluding ortho intramolecular Hbond substituents is 1. The number of benzene rings is 2. The van der Waals surface area contributed by atoms with Crippen molar-refractivity contribution in [2.45, 2.75) is 13.0 Å². The number of anilines is 1. The summed E-state index contributed by atoms with van der Waals surface area (Å²) in [6, 6.07) is 10.9. The van der Waals surface area contributed by atoms with E-state index in [4.69, 9.17) is 4.74 Å². The third-order valence-corrected chi connectivity index (χ3v) is 7.35. The number of aromatic hydroxyl groups is 1. The van der Waals surface area contributed by atoms with Crippen LogP contribution in [0.25, 0.3) is 16.0 Å². The lowest BCUT2D eigenvalue weighted by atomic mass is 9.95. The van der Waals surface area contributed by atoms with Crippen LogP contribution in [0.3, 0.4) is 0 Å². The minimum atomic E-state index is -1.02. The standard InChI is InChI=1S/C25H18BrN3O5S/c1-12-3-4-16-18(9-12)35-25(28-16)29-20(14-10-15(26)22(31)17(11-14)34-2)19(23(32)24(29)33)21(30)13-5-7-27-8-6-13/h3-11,20,30-31H,1-2H3/b21-19+. The van der Waals surface area contributed by atoms with Crippen molar-refractivity contribution in [1.29, 1.82) is 0 Å². The van der Waals surface area contributed by atoms with Gasteiger partial charge in [-0.15, -0.1) is 0 Å². The van der Waals surface area contributed by atoms with Gasteiger partial charge in [-0.25, -0.2) is 4.98 Å². The van der Waals surface area contributed by atoms with E-state index in [1.165, 1.54) is 41.8 Å². The van der Waals surface area contributed by atoms with Gasteiger partial charge in [0.05, 0.1) is 33.4 Å². The van der Waals surface area contributed by atoms with E-state index in [2.05, 4.69) is 25.9 Å². The van der Waals surface area contributed by atoms with Crippen molar-refractivity contribution in [2.24, 2.45) is 0 Å². The Bertz CT molecular complexity index is 1530. The van der Waals surface area contributed by atoms with E-state index in [9.17, 15) is 19.8 Å². The van der Waals surface area contributed by atoms with E-state index in [1.54, 1.807) is 18.2 Å². The maximum absolute atomic E-state index is 13.4. The Labute approximate surface area is 212 Å². The van der Waals surface area contributed by atoms with Gasteiger partial charge in [-0.3, -0.25) is 19.5 Å². The minimum absolute atomic E-state index is 0.101. The first-order valence-corrected chi connectivity index (χ1v) is 12.1. The molecule has 5 rings (SSSR count). The number of nitrogens with zero attached hydrogens (tertiary/aromatic N) is 3. The van der Waals surface area contributed by atoms with Gasteiger partial charge in [0, 0.05) is 18.0 Å². The number of fused-ring (bicyclic) bond motifs is 1. The molecule has 1 saturated heterocycles. The number of carbonyl (C=O) groups excluding carboxylic acids is 2. The normalized spacial score (nSPS) is 17.3. The van der Waals surface area contributed by atoms with Crippen LogP contribution in [0.4, 0.5) is 5.13 Å². The highest BCUT2D eigenvalue weighted by molar-refractivity contribution is 9.10. The number of phenols is 1. The summed E-state index contributed by atoms with van der Waals surface area (Å²) in [6.45, 7) is 1.96. The Morgan fingerprint density at radius 3 is 2.60 bits per heavy atom. The van der Waals surface area contributed by atoms with E-state index in [0.29, 0.717) is 26.2 Å². The first-order chi connectivity index (χ1) is 16.8. The number of aliphatic hydroxyl groups is 1. The molecule has 1 aliphatic heterocycles. The van der Waals surface area contributed by atoms with E-state index in [0.717, 1.165) is 10.3 Å². The number of halogens is 1. The average Bonchev–Trinajstić information content (AvgIpc) is 3.38. The third-order valence-electron chi connectivity index (χ3n) is 5.72. The van der Waals surface area contributed by atoms with Crippen LogP contribution < -0.4 is 9.64 Å². The summed E-state index contributed by atoms with van der Waals surface area (Å²) in [5, 5.41) is 21.8. The molecule has 2 N–H and O–H groups in total. The van der Waals surface area contributed by atoms with Crippen molar-refractivity contribution in [3.8, 4) is 11.5 Å². The molecule has 1 aliphatic rings. The number of aryl methyl sites for hydroxylation is 1. The summed E-state index contributed by atoms with van der Waals surface area (Å²) in [7, 11) is 1.40. The van der Waals surface area contributed by atoms with Gasteiger partial charge in [0.15, 0.2) is 16.6 Å². The number of aliphatic hydroxyl groups excluding tert-OH is 1. The second-order valence-corrected chi connectivity index (χ2v) is 9.79. The number of amides is 1. The van der Waals surface area contributed by atoms with Crippen LogP contribution >= 0.6 is 27.3 Å². The third kappa shape index (κ3) is 3.84. The molecule has 3 heterocycles. The Balaban J connectivity index is 1.78. The van der Waals surface area contributed by atoms with Crippen molar-refractivity contribution in [1.82, 2.24) is 9.97 Å². The monoisotopic (exact) mass is 551 g/mol. The molecule has 0 radical (unpaired) electrons. The van der Waals surface area contributed by atoms with E-state index in [-0.39, 0.29) is 22.8 Å². The summed E-state index contributed by atoms with van der Waals surface area (Å²) in [4.78, 5) is 36.5. The number of aromatic nitrogens is 2. The largest absolute Gasteiger partial charge is 0.507 e. The van der Waals surface area contributed by atoms with Crippen LogP contribution in [0.5, 0.6) is 11.5 Å². The molecule has 0 spiro atoms. The number of carbonyl (C=O) groups is 2. The van der Waals surface area contributed by atoms with Gasteiger partial charge in [0.25, 0.3) is 5.78 Å². The molecule has 1 fully saturated rings. The molecule has 10 heteroatoms. The topological polar surface area (TPSA) is 113 Å². The summed E-state index contributed by atoms with van der Waals surface area (Å²) >= 11 is 4.59. The van der Waals surface area contributed by atoms with Crippen LogP contribution in [-0.2, 0) is 9.59 Å². The van der Waals surface area contributed by atoms with Crippen LogP contribution in [0.1, 0.15) is 22.7 Å². The van der Waals surface area contributed by atoms with E-state index < -0.39 is 17.7 Å². The van der Waals surface area contributed by atoms with Crippen molar-refractivity contribution in [2.75, 3.05) is 12.0 Å². The van der Waals surface area contributed by atoms with Gasteiger partial charge in [-0.05, 0) is 70.4 Å². The number of hydrogen-bond donors (Lipinski definition) is 2. The van der Waals surface area contributed by atoms with Crippen LogP contribution in [-0.4, -0.2) is 39.0 Å². The van der Waals surface area contributed by atoms with Crippen molar-refractivity contribution in [3.05, 3.63) is 81.6 Å². The second-order valence-electron chi connectivity index (χ2n) is 7.93. The summed E-state index contributed by atoms with van der Waals surface area (Å²) < 4.78 is 6.46. The fourth-order valence-corrected chi connectivity index (χ4v) is 5.59. The van der Waals surface area contributed by atoms with Gasteiger partial charge in [-0.2, -0.15) is 0 Å². The SMILES string of the molecule is COc1cc(C2/C(=C(\O)c3ccncc3)C(=O)C(=O)N2c2nc3ccc(C)cc3s2)cc(Br)c1O. The Morgan fingerprint density at radius 2 is 1.89 bits per heavy atom. The van der Waals surface area contributed by atoms with Crippen LogP contribution in [0, 0.1) is 6.92 Å². The van der Waals surface area contributed by atoms with Crippen molar-refractivity contribution >= 4 is 60.1 Å². The average molecular weight is 552 g/mol. The molecule has 1 amide bonds. The molecule has 1 unspecified atom stereocenters. The summed E-state index contributed by atoms with van der Waals surface area (Å²) in [6.07, 6.45) is 2.96. The van der Waals surface area contributed by atoms with Gasteiger partial charge in [0.2, 0.25) is 0 Å². The zero-order valence-corrected chi connectivity index (χ0v) is 20.9. The van der Waals surface area contributed by atoms with Gasteiger partial charge >= 0.3 is 5.91 Å². The molecule has 2 aromatic carbocycles. The predicted octanol–water partition coefficient (Wildman–Crippen LogP) is 5.10. The number of ketones is 1. The lowest BCUT2D eigenvalue weighted by molar-refractivity contribution is -0.132. The first kappa shape index (κ1) is 23.0. The molecule has 2 aromatic heterocycles. The van der Waals surface area contributed by atoms with Crippen LogP contribution in [0.15, 0.2) is 64.9 Å². The number of rotatable bonds is 4. The minimum Gasteiger partial charge on any atom is -0.507 e. The number of pyridine rings is 1. The first-order valence-electron chi connectivity index (χ1n) is 10.4. The molecule has 0 bridgehead atoms. The maximum atomic E-state index is 13.4.